The van der Waals surface area contributed by atoms with Crippen LogP contribution in [-0.2, 0) is 6.18 Å². The Morgan fingerprint density at radius 3 is 2.54 bits per heavy atom. The van der Waals surface area contributed by atoms with E-state index in [1.165, 1.54) is 21.7 Å². The molecule has 0 bridgehead atoms. The Morgan fingerprint density at radius 2 is 1.86 bits per heavy atom. The van der Waals surface area contributed by atoms with Crippen LogP contribution in [0.3, 0.4) is 0 Å². The molecular formula is C16H13F3N6O2S. The molecule has 0 saturated carbocycles. The minimum absolute atomic E-state index is 0.0487. The normalized spacial score (nSPS) is 15.2. The predicted octanol–water partition coefficient (Wildman–Crippen LogP) is 1.53. The van der Waals surface area contributed by atoms with E-state index >= 15 is 0 Å². The first kappa shape index (κ1) is 18.3. The third-order valence-corrected chi connectivity index (χ3v) is 5.37. The molecule has 0 aliphatic carbocycles. The lowest BCUT2D eigenvalue weighted by Gasteiger charge is -2.34. The number of pyridine rings is 1. The van der Waals surface area contributed by atoms with Crippen LogP contribution in [0.25, 0.3) is 5.65 Å². The number of hydrogen-bond donors (Lipinski definition) is 0. The molecule has 0 unspecified atom stereocenters. The van der Waals surface area contributed by atoms with Crippen molar-refractivity contribution in [2.24, 2.45) is 0 Å². The highest BCUT2D eigenvalue weighted by atomic mass is 32.1. The smallest absolute Gasteiger partial charge is 0.343 e. The fourth-order valence-electron chi connectivity index (χ4n) is 2.90. The Labute approximate surface area is 159 Å². The van der Waals surface area contributed by atoms with Crippen molar-refractivity contribution >= 4 is 28.0 Å². The monoisotopic (exact) mass is 410 g/mol. The standard InChI is InChI=1S/C16H13F3N6O2S/c17-16(18,19)14-21-22-15(28-14)24-7-5-23(6-8-24)12(26)10-9-20-11-3-1-2-4-25(11)13(10)27/h1-4,9H,5-8H2. The fraction of sp³-hybridized carbons (Fsp3) is 0.312. The van der Waals surface area contributed by atoms with Crippen molar-refractivity contribution in [3.05, 3.63) is 51.5 Å². The van der Waals surface area contributed by atoms with Gasteiger partial charge in [-0.2, -0.15) is 13.2 Å². The van der Waals surface area contributed by atoms with E-state index < -0.39 is 22.7 Å². The number of carbonyl (C=O) groups excluding carboxylic acids is 1. The second-order valence-corrected chi connectivity index (χ2v) is 7.03. The Bertz CT molecular complexity index is 1090. The summed E-state index contributed by atoms with van der Waals surface area (Å²) >= 11 is 0.468. The highest BCUT2D eigenvalue weighted by Crippen LogP contribution is 2.34. The lowest BCUT2D eigenvalue weighted by molar-refractivity contribution is -0.138. The van der Waals surface area contributed by atoms with Gasteiger partial charge in [0.05, 0.1) is 0 Å². The van der Waals surface area contributed by atoms with Crippen molar-refractivity contribution in [3.8, 4) is 0 Å². The zero-order valence-corrected chi connectivity index (χ0v) is 15.1. The zero-order chi connectivity index (χ0) is 19.9. The first-order valence-corrected chi connectivity index (χ1v) is 9.07. The average molecular weight is 410 g/mol. The number of alkyl halides is 3. The maximum absolute atomic E-state index is 12.7. The van der Waals surface area contributed by atoms with Gasteiger partial charge >= 0.3 is 6.18 Å². The Balaban J connectivity index is 1.48. The van der Waals surface area contributed by atoms with Crippen molar-refractivity contribution in [3.63, 3.8) is 0 Å². The van der Waals surface area contributed by atoms with Crippen LogP contribution in [0.1, 0.15) is 15.4 Å². The molecule has 146 valence electrons. The van der Waals surface area contributed by atoms with Crippen LogP contribution < -0.4 is 10.5 Å². The van der Waals surface area contributed by atoms with E-state index in [9.17, 15) is 22.8 Å². The van der Waals surface area contributed by atoms with Crippen LogP contribution in [0.5, 0.6) is 0 Å². The van der Waals surface area contributed by atoms with Crippen LogP contribution >= 0.6 is 11.3 Å². The molecular weight excluding hydrogens is 397 g/mol. The van der Waals surface area contributed by atoms with E-state index in [-0.39, 0.29) is 23.8 Å². The Kier molecular flexibility index (Phi) is 4.49. The van der Waals surface area contributed by atoms with Crippen LogP contribution in [-0.4, -0.2) is 56.6 Å². The molecule has 12 heteroatoms. The summed E-state index contributed by atoms with van der Waals surface area (Å²) in [6.45, 7) is 1.08. The number of amides is 1. The van der Waals surface area contributed by atoms with Crippen molar-refractivity contribution in [1.29, 1.82) is 0 Å². The van der Waals surface area contributed by atoms with Crippen LogP contribution in [0, 0.1) is 0 Å². The van der Waals surface area contributed by atoms with Gasteiger partial charge in [0.2, 0.25) is 10.1 Å². The molecule has 0 radical (unpaired) electrons. The summed E-state index contributed by atoms with van der Waals surface area (Å²) in [5.41, 5.74) is -0.0741. The minimum Gasteiger partial charge on any atom is -0.343 e. The van der Waals surface area contributed by atoms with Gasteiger partial charge in [0.1, 0.15) is 11.2 Å². The Morgan fingerprint density at radius 1 is 1.11 bits per heavy atom. The number of nitrogens with zero attached hydrogens (tertiary/aromatic N) is 6. The van der Waals surface area contributed by atoms with Crippen LogP contribution in [0.2, 0.25) is 0 Å². The first-order chi connectivity index (χ1) is 13.3. The summed E-state index contributed by atoms with van der Waals surface area (Å²) in [6, 6.07) is 5.06. The molecule has 28 heavy (non-hydrogen) atoms. The molecule has 0 atom stereocenters. The summed E-state index contributed by atoms with van der Waals surface area (Å²) in [6.07, 6.45) is -1.74. The maximum atomic E-state index is 12.7. The summed E-state index contributed by atoms with van der Waals surface area (Å²) in [5.74, 6) is -0.455. The number of rotatable bonds is 2. The minimum atomic E-state index is -4.53. The van der Waals surface area contributed by atoms with Crippen molar-refractivity contribution < 1.29 is 18.0 Å². The van der Waals surface area contributed by atoms with Gasteiger partial charge in [0, 0.05) is 38.6 Å². The maximum Gasteiger partial charge on any atom is 0.445 e. The summed E-state index contributed by atoms with van der Waals surface area (Å²) in [5, 5.41) is 5.92. The second kappa shape index (κ2) is 6.86. The molecule has 4 heterocycles. The molecule has 1 aliphatic heterocycles. The summed E-state index contributed by atoms with van der Waals surface area (Å²) < 4.78 is 39.3. The quantitative estimate of drug-likeness (QED) is 0.637. The van der Waals surface area contributed by atoms with E-state index in [1.54, 1.807) is 23.1 Å². The molecule has 1 aliphatic rings. The zero-order valence-electron chi connectivity index (χ0n) is 14.3. The number of aromatic nitrogens is 4. The lowest BCUT2D eigenvalue weighted by Crippen LogP contribution is -2.49. The van der Waals surface area contributed by atoms with E-state index in [1.807, 2.05) is 0 Å². The number of carbonyl (C=O) groups is 1. The largest absolute Gasteiger partial charge is 0.445 e. The Hall–Kier alpha value is -3.02. The molecule has 0 N–H and O–H groups in total. The van der Waals surface area contributed by atoms with Gasteiger partial charge in [0.25, 0.3) is 11.5 Å². The van der Waals surface area contributed by atoms with Crippen molar-refractivity contribution in [2.45, 2.75) is 6.18 Å². The predicted molar refractivity (Wildman–Crippen MR) is 94.5 cm³/mol. The van der Waals surface area contributed by atoms with E-state index in [2.05, 4.69) is 15.2 Å². The highest BCUT2D eigenvalue weighted by molar-refractivity contribution is 7.15. The van der Waals surface area contributed by atoms with Gasteiger partial charge in [-0.05, 0) is 12.1 Å². The fourth-order valence-corrected chi connectivity index (χ4v) is 3.67. The SMILES string of the molecule is O=C(c1cnc2ccccn2c1=O)N1CCN(c2nnc(C(F)(F)F)s2)CC1. The average Bonchev–Trinajstić information content (AvgIpc) is 3.19. The molecule has 1 fully saturated rings. The van der Waals surface area contributed by atoms with E-state index in [0.717, 1.165) is 0 Å². The highest BCUT2D eigenvalue weighted by Gasteiger charge is 2.36. The van der Waals surface area contributed by atoms with Crippen molar-refractivity contribution in [1.82, 2.24) is 24.5 Å². The number of hydrogen-bond acceptors (Lipinski definition) is 7. The molecule has 1 saturated heterocycles. The number of piperazine rings is 1. The molecule has 3 aromatic rings. The van der Waals surface area contributed by atoms with Gasteiger partial charge in [0.15, 0.2) is 0 Å². The van der Waals surface area contributed by atoms with Gasteiger partial charge < -0.3 is 9.80 Å². The first-order valence-electron chi connectivity index (χ1n) is 8.26. The molecule has 0 aromatic carbocycles. The van der Waals surface area contributed by atoms with Crippen molar-refractivity contribution in [2.75, 3.05) is 31.1 Å². The van der Waals surface area contributed by atoms with Gasteiger partial charge in [-0.15, -0.1) is 10.2 Å². The van der Waals surface area contributed by atoms with Gasteiger partial charge in [-0.25, -0.2) is 4.98 Å². The third kappa shape index (κ3) is 3.30. The number of anilines is 1. The third-order valence-electron chi connectivity index (χ3n) is 4.34. The lowest BCUT2D eigenvalue weighted by atomic mass is 10.2. The molecule has 8 nitrogen and oxygen atoms in total. The van der Waals surface area contributed by atoms with E-state index in [4.69, 9.17) is 0 Å². The summed E-state index contributed by atoms with van der Waals surface area (Å²) in [7, 11) is 0. The molecule has 3 aromatic heterocycles. The number of halogens is 3. The van der Waals surface area contributed by atoms with Gasteiger partial charge in [-0.1, -0.05) is 17.4 Å². The second-order valence-electron chi connectivity index (χ2n) is 6.07. The molecule has 1 amide bonds. The van der Waals surface area contributed by atoms with E-state index in [0.29, 0.717) is 30.1 Å². The number of fused-ring (bicyclic) bond motifs is 1. The summed E-state index contributed by atoms with van der Waals surface area (Å²) in [4.78, 5) is 32.5. The topological polar surface area (TPSA) is 83.7 Å². The van der Waals surface area contributed by atoms with Gasteiger partial charge in [-0.3, -0.25) is 14.0 Å². The van der Waals surface area contributed by atoms with Crippen LogP contribution in [0.4, 0.5) is 18.3 Å². The molecule has 0 spiro atoms. The molecule has 4 rings (SSSR count). The van der Waals surface area contributed by atoms with Crippen LogP contribution in [0.15, 0.2) is 35.4 Å².